The minimum Gasteiger partial charge on any atom is -0.381 e. The minimum absolute atomic E-state index is 0.147. The summed E-state index contributed by atoms with van der Waals surface area (Å²) in [7, 11) is 0. The largest absolute Gasteiger partial charge is 0.381 e. The Morgan fingerprint density at radius 1 is 1.22 bits per heavy atom. The highest BCUT2D eigenvalue weighted by molar-refractivity contribution is 5.79. The molecule has 2 fully saturated rings. The van der Waals surface area contributed by atoms with Crippen molar-refractivity contribution in [1.82, 2.24) is 5.32 Å². The minimum atomic E-state index is 0.147. The van der Waals surface area contributed by atoms with Crippen molar-refractivity contribution in [2.75, 3.05) is 26.3 Å². The second-order valence-corrected chi connectivity index (χ2v) is 5.72. The van der Waals surface area contributed by atoms with E-state index in [1.807, 2.05) is 0 Å². The van der Waals surface area contributed by atoms with Crippen LogP contribution in [0.3, 0.4) is 0 Å². The second kappa shape index (κ2) is 7.10. The van der Waals surface area contributed by atoms with Gasteiger partial charge in [0.15, 0.2) is 0 Å². The lowest BCUT2D eigenvalue weighted by molar-refractivity contribution is -0.128. The van der Waals surface area contributed by atoms with Crippen LogP contribution in [0.1, 0.15) is 38.5 Å². The second-order valence-electron chi connectivity index (χ2n) is 5.72. The first-order valence-corrected chi connectivity index (χ1v) is 7.36. The maximum atomic E-state index is 12.2. The summed E-state index contributed by atoms with van der Waals surface area (Å²) in [6.07, 6.45) is 6.81. The molecule has 4 nitrogen and oxygen atoms in total. The number of hydrogen-bond donors (Lipinski definition) is 2. The van der Waals surface area contributed by atoms with Crippen LogP contribution in [0, 0.1) is 17.8 Å². The van der Waals surface area contributed by atoms with Gasteiger partial charge in [-0.15, -0.1) is 0 Å². The number of carbonyl (C=O) groups excluding carboxylic acids is 1. The molecule has 104 valence electrons. The van der Waals surface area contributed by atoms with Gasteiger partial charge in [0, 0.05) is 19.1 Å². The molecule has 3 unspecified atom stereocenters. The molecule has 3 N–H and O–H groups in total. The molecule has 4 heteroatoms. The maximum Gasteiger partial charge on any atom is 0.223 e. The summed E-state index contributed by atoms with van der Waals surface area (Å²) < 4.78 is 5.43. The summed E-state index contributed by atoms with van der Waals surface area (Å²) in [5.41, 5.74) is 5.77. The number of hydrogen-bond acceptors (Lipinski definition) is 3. The van der Waals surface area contributed by atoms with Gasteiger partial charge in [-0.25, -0.2) is 0 Å². The summed E-state index contributed by atoms with van der Waals surface area (Å²) in [5.74, 6) is 1.26. The fourth-order valence-corrected chi connectivity index (χ4v) is 3.18. The Hall–Kier alpha value is -0.610. The molecule has 1 saturated carbocycles. The summed E-state index contributed by atoms with van der Waals surface area (Å²) in [4.78, 5) is 12.2. The average molecular weight is 254 g/mol. The van der Waals surface area contributed by atoms with Crippen LogP contribution < -0.4 is 11.1 Å². The van der Waals surface area contributed by atoms with E-state index in [0.29, 0.717) is 18.4 Å². The van der Waals surface area contributed by atoms with E-state index in [9.17, 15) is 4.79 Å². The highest BCUT2D eigenvalue weighted by Crippen LogP contribution is 2.29. The zero-order valence-corrected chi connectivity index (χ0v) is 11.2. The van der Waals surface area contributed by atoms with Crippen molar-refractivity contribution in [2.45, 2.75) is 38.5 Å². The SMILES string of the molecule is NCC1CCCCC1C(=O)NCC1CCCOC1. The van der Waals surface area contributed by atoms with Crippen LogP contribution in [0.4, 0.5) is 0 Å². The lowest BCUT2D eigenvalue weighted by Crippen LogP contribution is -2.42. The fraction of sp³-hybridized carbons (Fsp3) is 0.929. The molecule has 0 bridgehead atoms. The summed E-state index contributed by atoms with van der Waals surface area (Å²) in [6, 6.07) is 0. The van der Waals surface area contributed by atoms with Gasteiger partial charge in [0.1, 0.15) is 0 Å². The maximum absolute atomic E-state index is 12.2. The molecule has 0 aromatic rings. The Bertz CT molecular complexity index is 265. The van der Waals surface area contributed by atoms with Gasteiger partial charge >= 0.3 is 0 Å². The van der Waals surface area contributed by atoms with E-state index < -0.39 is 0 Å². The summed E-state index contributed by atoms with van der Waals surface area (Å²) in [6.45, 7) is 3.09. The van der Waals surface area contributed by atoms with Crippen LogP contribution in [0.25, 0.3) is 0 Å². The Morgan fingerprint density at radius 3 is 2.78 bits per heavy atom. The van der Waals surface area contributed by atoms with E-state index >= 15 is 0 Å². The van der Waals surface area contributed by atoms with Crippen LogP contribution in [0.5, 0.6) is 0 Å². The zero-order valence-electron chi connectivity index (χ0n) is 11.2. The Balaban J connectivity index is 1.75. The Kier molecular flexibility index (Phi) is 5.45. The van der Waals surface area contributed by atoms with E-state index in [-0.39, 0.29) is 11.8 Å². The fourth-order valence-electron chi connectivity index (χ4n) is 3.18. The summed E-state index contributed by atoms with van der Waals surface area (Å²) in [5, 5.41) is 3.11. The lowest BCUT2D eigenvalue weighted by atomic mass is 9.78. The smallest absolute Gasteiger partial charge is 0.223 e. The van der Waals surface area contributed by atoms with E-state index in [1.54, 1.807) is 0 Å². The van der Waals surface area contributed by atoms with Gasteiger partial charge in [-0.1, -0.05) is 12.8 Å². The number of carbonyl (C=O) groups is 1. The number of nitrogens with one attached hydrogen (secondary N) is 1. The molecular weight excluding hydrogens is 228 g/mol. The molecule has 1 aliphatic carbocycles. The Labute approximate surface area is 110 Å². The molecular formula is C14H26N2O2. The molecule has 0 aromatic heterocycles. The first-order chi connectivity index (χ1) is 8.81. The Morgan fingerprint density at radius 2 is 2.06 bits per heavy atom. The van der Waals surface area contributed by atoms with Crippen molar-refractivity contribution < 1.29 is 9.53 Å². The van der Waals surface area contributed by atoms with Crippen LogP contribution in [-0.4, -0.2) is 32.2 Å². The molecule has 1 heterocycles. The van der Waals surface area contributed by atoms with Crippen molar-refractivity contribution >= 4 is 5.91 Å². The summed E-state index contributed by atoms with van der Waals surface area (Å²) >= 11 is 0. The standard InChI is InChI=1S/C14H26N2O2/c15-8-12-5-1-2-6-13(12)14(17)16-9-11-4-3-7-18-10-11/h11-13H,1-10,15H2,(H,16,17). The first kappa shape index (κ1) is 13.8. The number of rotatable bonds is 4. The predicted octanol–water partition coefficient (Wildman–Crippen LogP) is 1.29. The van der Waals surface area contributed by atoms with E-state index in [0.717, 1.165) is 39.0 Å². The highest BCUT2D eigenvalue weighted by Gasteiger charge is 2.30. The lowest BCUT2D eigenvalue weighted by Gasteiger charge is -2.30. The van der Waals surface area contributed by atoms with Gasteiger partial charge in [0.05, 0.1) is 6.61 Å². The molecule has 2 rings (SSSR count). The van der Waals surface area contributed by atoms with Crippen LogP contribution in [0.15, 0.2) is 0 Å². The van der Waals surface area contributed by atoms with Crippen LogP contribution in [-0.2, 0) is 9.53 Å². The van der Waals surface area contributed by atoms with E-state index in [4.69, 9.17) is 10.5 Å². The number of amides is 1. The van der Waals surface area contributed by atoms with Gasteiger partial charge in [-0.2, -0.15) is 0 Å². The average Bonchev–Trinajstić information content (AvgIpc) is 2.45. The van der Waals surface area contributed by atoms with E-state index in [1.165, 1.54) is 19.3 Å². The highest BCUT2D eigenvalue weighted by atomic mass is 16.5. The predicted molar refractivity (Wildman–Crippen MR) is 71.1 cm³/mol. The molecule has 18 heavy (non-hydrogen) atoms. The molecule has 3 atom stereocenters. The number of ether oxygens (including phenoxy) is 1. The molecule has 0 aromatic carbocycles. The molecule has 2 aliphatic rings. The van der Waals surface area contributed by atoms with Crippen molar-refractivity contribution in [2.24, 2.45) is 23.5 Å². The van der Waals surface area contributed by atoms with E-state index in [2.05, 4.69) is 5.32 Å². The number of nitrogens with two attached hydrogens (primary N) is 1. The van der Waals surface area contributed by atoms with Gasteiger partial charge in [0.25, 0.3) is 0 Å². The van der Waals surface area contributed by atoms with Crippen LogP contribution in [0.2, 0.25) is 0 Å². The molecule has 1 aliphatic heterocycles. The van der Waals surface area contributed by atoms with Crippen molar-refractivity contribution in [3.05, 3.63) is 0 Å². The zero-order chi connectivity index (χ0) is 12.8. The molecule has 1 saturated heterocycles. The topological polar surface area (TPSA) is 64.4 Å². The van der Waals surface area contributed by atoms with Gasteiger partial charge < -0.3 is 15.8 Å². The monoisotopic (exact) mass is 254 g/mol. The normalized spacial score (nSPS) is 33.1. The van der Waals surface area contributed by atoms with Crippen molar-refractivity contribution in [3.63, 3.8) is 0 Å². The molecule has 1 amide bonds. The first-order valence-electron chi connectivity index (χ1n) is 7.36. The van der Waals surface area contributed by atoms with Crippen molar-refractivity contribution in [3.8, 4) is 0 Å². The van der Waals surface area contributed by atoms with Gasteiger partial charge in [-0.05, 0) is 44.1 Å². The third-order valence-corrected chi connectivity index (χ3v) is 4.37. The third-order valence-electron chi connectivity index (χ3n) is 4.37. The quantitative estimate of drug-likeness (QED) is 0.794. The molecule has 0 spiro atoms. The van der Waals surface area contributed by atoms with Gasteiger partial charge in [0.2, 0.25) is 5.91 Å². The van der Waals surface area contributed by atoms with Crippen LogP contribution >= 0.6 is 0 Å². The molecule has 0 radical (unpaired) electrons. The van der Waals surface area contributed by atoms with Gasteiger partial charge in [-0.3, -0.25) is 4.79 Å². The third kappa shape index (κ3) is 3.69. The van der Waals surface area contributed by atoms with Crippen molar-refractivity contribution in [1.29, 1.82) is 0 Å².